The first-order valence-corrected chi connectivity index (χ1v) is 11.3. The van der Waals surface area contributed by atoms with Crippen LogP contribution in [-0.2, 0) is 6.67 Å². The van der Waals surface area contributed by atoms with E-state index >= 15 is 0 Å². The molecule has 2 aromatic carbocycles. The Bertz CT molecular complexity index is 1190. The minimum atomic E-state index is 0.417. The summed E-state index contributed by atoms with van der Waals surface area (Å²) in [4.78, 5) is 0. The quantitative estimate of drug-likeness (QED) is 0.259. The molecule has 2 heterocycles. The van der Waals surface area contributed by atoms with E-state index in [9.17, 15) is 0 Å². The van der Waals surface area contributed by atoms with Gasteiger partial charge < -0.3 is 30.7 Å². The molecular formula is C23H24N8O2S2. The SMILES string of the molecule is COc1ccc(NC(=S)Nc2cnn(Cn3cc(NC(=S)Nc4ccc(OC)cc4)cn3)c2)cc1. The van der Waals surface area contributed by atoms with E-state index in [1.165, 1.54) is 0 Å². The van der Waals surface area contributed by atoms with E-state index in [0.29, 0.717) is 16.9 Å². The lowest BCUT2D eigenvalue weighted by Crippen LogP contribution is -2.18. The molecule has 0 aliphatic heterocycles. The molecule has 0 spiro atoms. The van der Waals surface area contributed by atoms with Crippen molar-refractivity contribution < 1.29 is 9.47 Å². The molecule has 0 saturated heterocycles. The lowest BCUT2D eigenvalue weighted by Gasteiger charge is -2.09. The van der Waals surface area contributed by atoms with Crippen molar-refractivity contribution in [2.24, 2.45) is 0 Å². The van der Waals surface area contributed by atoms with Crippen LogP contribution in [0, 0.1) is 0 Å². The molecule has 0 aliphatic carbocycles. The summed E-state index contributed by atoms with van der Waals surface area (Å²) in [5.41, 5.74) is 3.22. The van der Waals surface area contributed by atoms with Crippen LogP contribution in [0.4, 0.5) is 22.7 Å². The smallest absolute Gasteiger partial charge is 0.175 e. The van der Waals surface area contributed by atoms with Gasteiger partial charge in [0.2, 0.25) is 0 Å². The lowest BCUT2D eigenvalue weighted by molar-refractivity contribution is 0.415. The maximum absolute atomic E-state index is 5.38. The van der Waals surface area contributed by atoms with Crippen molar-refractivity contribution in [2.75, 3.05) is 35.5 Å². The number of hydrogen-bond donors (Lipinski definition) is 4. The summed E-state index contributed by atoms with van der Waals surface area (Å²) in [5, 5.41) is 22.1. The molecule has 0 bridgehead atoms. The zero-order valence-corrected chi connectivity index (χ0v) is 20.7. The number of benzene rings is 2. The number of aromatic nitrogens is 4. The number of ether oxygens (including phenoxy) is 2. The van der Waals surface area contributed by atoms with E-state index in [4.69, 9.17) is 33.9 Å². The van der Waals surface area contributed by atoms with Crippen LogP contribution in [-0.4, -0.2) is 44.0 Å². The van der Waals surface area contributed by atoms with Gasteiger partial charge in [-0.3, -0.25) is 0 Å². The minimum absolute atomic E-state index is 0.417. The van der Waals surface area contributed by atoms with E-state index < -0.39 is 0 Å². The number of nitrogens with one attached hydrogen (secondary N) is 4. The highest BCUT2D eigenvalue weighted by Crippen LogP contribution is 2.17. The molecule has 4 aromatic rings. The average Bonchev–Trinajstić information content (AvgIpc) is 3.49. The molecule has 0 saturated carbocycles. The predicted octanol–water partition coefficient (Wildman–Crippen LogP) is 4.22. The van der Waals surface area contributed by atoms with E-state index in [2.05, 4.69) is 31.5 Å². The first-order valence-electron chi connectivity index (χ1n) is 10.5. The van der Waals surface area contributed by atoms with Crippen molar-refractivity contribution in [3.8, 4) is 11.5 Å². The van der Waals surface area contributed by atoms with Gasteiger partial charge in [-0.15, -0.1) is 0 Å². The molecule has 2 aromatic heterocycles. The Morgan fingerprint density at radius 2 is 1.03 bits per heavy atom. The molecule has 0 atom stereocenters. The number of nitrogens with zero attached hydrogens (tertiary/aromatic N) is 4. The van der Waals surface area contributed by atoms with Gasteiger partial charge in [0.1, 0.15) is 18.2 Å². The monoisotopic (exact) mass is 508 g/mol. The topological polar surface area (TPSA) is 102 Å². The van der Waals surface area contributed by atoms with Crippen LogP contribution in [0.2, 0.25) is 0 Å². The van der Waals surface area contributed by atoms with E-state index in [-0.39, 0.29) is 0 Å². The number of hydrogen-bond acceptors (Lipinski definition) is 6. The fourth-order valence-electron chi connectivity index (χ4n) is 3.09. The van der Waals surface area contributed by atoms with Gasteiger partial charge in [0, 0.05) is 11.4 Å². The molecular weight excluding hydrogens is 484 g/mol. The van der Waals surface area contributed by atoms with Gasteiger partial charge in [-0.05, 0) is 73.0 Å². The molecule has 10 nitrogen and oxygen atoms in total. The van der Waals surface area contributed by atoms with Crippen LogP contribution in [0.15, 0.2) is 73.3 Å². The number of thiocarbonyl (C=S) groups is 2. The zero-order valence-electron chi connectivity index (χ0n) is 19.1. The van der Waals surface area contributed by atoms with Crippen molar-refractivity contribution in [3.63, 3.8) is 0 Å². The standard InChI is InChI=1S/C23H24N8O2S2/c1-32-20-7-3-16(4-8-20)26-22(34)28-18-11-24-30(13-18)15-31-14-19(12-25-31)29-23(35)27-17-5-9-21(33-2)10-6-17/h3-14H,15H2,1-2H3,(H2,26,28,34)(H2,27,29,35). The van der Waals surface area contributed by atoms with Crippen LogP contribution in [0.3, 0.4) is 0 Å². The Morgan fingerprint density at radius 3 is 1.40 bits per heavy atom. The van der Waals surface area contributed by atoms with Gasteiger partial charge in [-0.2, -0.15) is 10.2 Å². The van der Waals surface area contributed by atoms with Gasteiger partial charge in [0.15, 0.2) is 10.2 Å². The van der Waals surface area contributed by atoms with Gasteiger partial charge in [-0.25, -0.2) is 9.36 Å². The molecule has 0 radical (unpaired) electrons. The number of anilines is 4. The van der Waals surface area contributed by atoms with Crippen molar-refractivity contribution in [2.45, 2.75) is 6.67 Å². The molecule has 0 amide bonds. The normalized spacial score (nSPS) is 10.3. The second-order valence-electron chi connectivity index (χ2n) is 7.29. The van der Waals surface area contributed by atoms with E-state index in [1.807, 2.05) is 60.9 Å². The fraction of sp³-hybridized carbons (Fsp3) is 0.130. The minimum Gasteiger partial charge on any atom is -0.497 e. The molecule has 180 valence electrons. The fourth-order valence-corrected chi connectivity index (χ4v) is 3.57. The van der Waals surface area contributed by atoms with Crippen LogP contribution >= 0.6 is 24.4 Å². The van der Waals surface area contributed by atoms with Crippen molar-refractivity contribution >= 4 is 57.4 Å². The van der Waals surface area contributed by atoms with Crippen molar-refractivity contribution in [1.82, 2.24) is 19.6 Å². The molecule has 4 N–H and O–H groups in total. The summed E-state index contributed by atoms with van der Waals surface area (Å²) >= 11 is 10.8. The third-order valence-electron chi connectivity index (χ3n) is 4.77. The predicted molar refractivity (Wildman–Crippen MR) is 146 cm³/mol. The summed E-state index contributed by atoms with van der Waals surface area (Å²) in [6.45, 7) is 0.417. The second-order valence-corrected chi connectivity index (χ2v) is 8.11. The zero-order chi connectivity index (χ0) is 24.6. The highest BCUT2D eigenvalue weighted by molar-refractivity contribution is 7.81. The maximum atomic E-state index is 5.38. The summed E-state index contributed by atoms with van der Waals surface area (Å²) in [7, 11) is 3.26. The number of methoxy groups -OCH3 is 2. The maximum Gasteiger partial charge on any atom is 0.175 e. The Morgan fingerprint density at radius 1 is 0.657 bits per heavy atom. The molecule has 35 heavy (non-hydrogen) atoms. The van der Waals surface area contributed by atoms with Crippen LogP contribution in [0.5, 0.6) is 11.5 Å². The van der Waals surface area contributed by atoms with Crippen molar-refractivity contribution in [1.29, 1.82) is 0 Å². The first kappa shape index (κ1) is 24.0. The van der Waals surface area contributed by atoms with Crippen LogP contribution < -0.4 is 30.7 Å². The number of rotatable bonds is 8. The van der Waals surface area contributed by atoms with E-state index in [0.717, 1.165) is 34.2 Å². The Hall–Kier alpha value is -4.16. The summed E-state index contributed by atoms with van der Waals surface area (Å²) in [6, 6.07) is 15.0. The molecule has 0 unspecified atom stereocenters. The Labute approximate surface area is 213 Å². The van der Waals surface area contributed by atoms with Gasteiger partial charge >= 0.3 is 0 Å². The molecule has 12 heteroatoms. The largest absolute Gasteiger partial charge is 0.497 e. The summed E-state index contributed by atoms with van der Waals surface area (Å²) in [5.74, 6) is 1.56. The highest BCUT2D eigenvalue weighted by atomic mass is 32.1. The Kier molecular flexibility index (Phi) is 7.75. The molecule has 4 rings (SSSR count). The molecule has 0 aliphatic rings. The highest BCUT2D eigenvalue weighted by Gasteiger charge is 2.06. The third kappa shape index (κ3) is 6.91. The van der Waals surface area contributed by atoms with Gasteiger partial charge in [0.25, 0.3) is 0 Å². The third-order valence-corrected chi connectivity index (χ3v) is 5.18. The second kappa shape index (κ2) is 11.3. The lowest BCUT2D eigenvalue weighted by atomic mass is 10.3. The van der Waals surface area contributed by atoms with E-state index in [1.54, 1.807) is 36.0 Å². The Balaban J connectivity index is 1.26. The molecule has 0 fully saturated rings. The van der Waals surface area contributed by atoms with Crippen LogP contribution in [0.25, 0.3) is 0 Å². The van der Waals surface area contributed by atoms with Crippen LogP contribution in [0.1, 0.15) is 0 Å². The van der Waals surface area contributed by atoms with Gasteiger partial charge in [0.05, 0.1) is 50.4 Å². The summed E-state index contributed by atoms with van der Waals surface area (Å²) < 4.78 is 13.8. The first-order chi connectivity index (χ1) is 17.0. The van der Waals surface area contributed by atoms with Crippen molar-refractivity contribution in [3.05, 3.63) is 73.3 Å². The summed E-state index contributed by atoms with van der Waals surface area (Å²) in [6.07, 6.45) is 7.07. The average molecular weight is 509 g/mol. The van der Waals surface area contributed by atoms with Gasteiger partial charge in [-0.1, -0.05) is 0 Å².